The molecule has 0 fully saturated rings. The highest BCUT2D eigenvalue weighted by Gasteiger charge is 2.25. The smallest absolute Gasteiger partial charge is 0.347 e. The van der Waals surface area contributed by atoms with Gasteiger partial charge in [0.2, 0.25) is 5.88 Å². The van der Waals surface area contributed by atoms with Gasteiger partial charge < -0.3 is 15.8 Å². The molecule has 1 aliphatic heterocycles. The maximum absolute atomic E-state index is 12.2. The summed E-state index contributed by atoms with van der Waals surface area (Å²) in [6.45, 7) is 7.63. The third-order valence-electron chi connectivity index (χ3n) is 4.28. The summed E-state index contributed by atoms with van der Waals surface area (Å²) in [5.41, 5.74) is 7.62. The fourth-order valence-electron chi connectivity index (χ4n) is 2.82. The van der Waals surface area contributed by atoms with Crippen molar-refractivity contribution in [2.75, 3.05) is 5.01 Å². The first kappa shape index (κ1) is 19.9. The number of aromatic amines is 1. The number of nitrogens with one attached hydrogen (secondary N) is 2. The minimum absolute atomic E-state index is 0.0619. The van der Waals surface area contributed by atoms with Gasteiger partial charge in [-0.3, -0.25) is 5.10 Å². The SMILES string of the molecule is C=C1NC(=O)N(c2cc(Cl)c(Oc3cc4c(C(C)C)n[nH]c4nn3)c(Cl)c2)N=C1N. The van der Waals surface area contributed by atoms with Crippen LogP contribution in [0.5, 0.6) is 11.6 Å². The van der Waals surface area contributed by atoms with Gasteiger partial charge in [-0.2, -0.15) is 10.1 Å². The molecule has 0 atom stereocenters. The van der Waals surface area contributed by atoms with Gasteiger partial charge in [0, 0.05) is 11.5 Å². The number of hydrogen-bond acceptors (Lipinski definition) is 7. The Morgan fingerprint density at radius 2 is 1.90 bits per heavy atom. The molecular formula is C18H16Cl2N8O2. The number of amides is 2. The molecule has 4 rings (SSSR count). The predicted molar refractivity (Wildman–Crippen MR) is 114 cm³/mol. The van der Waals surface area contributed by atoms with E-state index in [-0.39, 0.29) is 39.1 Å². The average molecular weight is 447 g/mol. The van der Waals surface area contributed by atoms with Crippen LogP contribution in [0.4, 0.5) is 10.5 Å². The Kier molecular flexibility index (Phi) is 4.96. The number of nitrogens with zero attached hydrogens (tertiary/aromatic N) is 5. The summed E-state index contributed by atoms with van der Waals surface area (Å²) in [6.07, 6.45) is 0. The minimum Gasteiger partial charge on any atom is -0.434 e. The monoisotopic (exact) mass is 446 g/mol. The molecular weight excluding hydrogens is 431 g/mol. The van der Waals surface area contributed by atoms with Gasteiger partial charge in [-0.05, 0) is 18.1 Å². The van der Waals surface area contributed by atoms with Crippen LogP contribution in [0.1, 0.15) is 25.5 Å². The molecule has 30 heavy (non-hydrogen) atoms. The molecule has 1 aromatic carbocycles. The third-order valence-corrected chi connectivity index (χ3v) is 4.84. The molecule has 12 heteroatoms. The number of halogens is 2. The highest BCUT2D eigenvalue weighted by molar-refractivity contribution is 6.37. The Morgan fingerprint density at radius 3 is 2.57 bits per heavy atom. The predicted octanol–water partition coefficient (Wildman–Crippen LogP) is 3.89. The molecule has 0 radical (unpaired) electrons. The van der Waals surface area contributed by atoms with E-state index in [1.807, 2.05) is 13.8 Å². The van der Waals surface area contributed by atoms with Crippen molar-refractivity contribution in [3.05, 3.63) is 46.2 Å². The summed E-state index contributed by atoms with van der Waals surface area (Å²) in [5, 5.41) is 23.8. The van der Waals surface area contributed by atoms with E-state index in [0.717, 1.165) is 16.1 Å². The number of aromatic nitrogens is 4. The number of hydrazone groups is 1. The van der Waals surface area contributed by atoms with Crippen molar-refractivity contribution < 1.29 is 9.53 Å². The number of fused-ring (bicyclic) bond motifs is 1. The van der Waals surface area contributed by atoms with Gasteiger partial charge in [0.05, 0.1) is 27.1 Å². The zero-order chi connectivity index (χ0) is 21.6. The van der Waals surface area contributed by atoms with Crippen LogP contribution >= 0.6 is 23.2 Å². The molecule has 0 aliphatic carbocycles. The van der Waals surface area contributed by atoms with Gasteiger partial charge in [-0.15, -0.1) is 15.3 Å². The normalized spacial score (nSPS) is 14.3. The molecule has 154 valence electrons. The number of ether oxygens (including phenoxy) is 1. The number of nitrogens with two attached hydrogens (primary N) is 1. The van der Waals surface area contributed by atoms with E-state index in [4.69, 9.17) is 33.7 Å². The summed E-state index contributed by atoms with van der Waals surface area (Å²) in [6, 6.07) is 4.09. The lowest BCUT2D eigenvalue weighted by Crippen LogP contribution is -2.45. The third kappa shape index (κ3) is 3.51. The molecule has 0 spiro atoms. The molecule has 3 heterocycles. The first-order valence-corrected chi connectivity index (χ1v) is 9.53. The number of hydrogen-bond donors (Lipinski definition) is 3. The molecule has 0 saturated carbocycles. The second-order valence-electron chi connectivity index (χ2n) is 6.75. The number of benzene rings is 1. The second-order valence-corrected chi connectivity index (χ2v) is 7.57. The zero-order valence-corrected chi connectivity index (χ0v) is 17.4. The zero-order valence-electron chi connectivity index (χ0n) is 15.9. The number of anilines is 1. The molecule has 1 aliphatic rings. The standard InChI is InChI=1S/C18H16Cl2N8O2/c1-7(2)14-10-6-13(23-25-17(10)26-24-14)30-15-11(19)4-9(5-12(15)20)28-18(29)22-8(3)16(21)27-28/h4-7H,3H2,1-2H3,(H2,21,27)(H,22,29)(H,24,25,26). The van der Waals surface area contributed by atoms with Crippen LogP contribution < -0.4 is 20.8 Å². The van der Waals surface area contributed by atoms with E-state index in [9.17, 15) is 4.79 Å². The quantitative estimate of drug-likeness (QED) is 0.556. The van der Waals surface area contributed by atoms with Gasteiger partial charge >= 0.3 is 6.03 Å². The second kappa shape index (κ2) is 7.47. The van der Waals surface area contributed by atoms with E-state index >= 15 is 0 Å². The van der Waals surface area contributed by atoms with Crippen LogP contribution in [0.15, 0.2) is 35.6 Å². The fourth-order valence-corrected chi connectivity index (χ4v) is 3.37. The summed E-state index contributed by atoms with van der Waals surface area (Å²) in [5.74, 6) is 0.592. The van der Waals surface area contributed by atoms with Gasteiger partial charge in [0.15, 0.2) is 17.2 Å². The highest BCUT2D eigenvalue weighted by atomic mass is 35.5. The number of rotatable bonds is 4. The van der Waals surface area contributed by atoms with Crippen LogP contribution in [-0.4, -0.2) is 32.3 Å². The lowest BCUT2D eigenvalue weighted by atomic mass is 10.1. The maximum atomic E-state index is 12.2. The topological polar surface area (TPSA) is 134 Å². The Balaban J connectivity index is 1.68. The van der Waals surface area contributed by atoms with Crippen molar-refractivity contribution in [3.63, 3.8) is 0 Å². The summed E-state index contributed by atoms with van der Waals surface area (Å²) in [7, 11) is 0. The maximum Gasteiger partial charge on any atom is 0.347 e. The van der Waals surface area contributed by atoms with Gasteiger partial charge in [0.1, 0.15) is 0 Å². The molecule has 4 N–H and O–H groups in total. The lowest BCUT2D eigenvalue weighted by molar-refractivity contribution is 0.248. The van der Waals surface area contributed by atoms with E-state index in [1.165, 1.54) is 12.1 Å². The van der Waals surface area contributed by atoms with Crippen LogP contribution in [0.3, 0.4) is 0 Å². The fraction of sp³-hybridized carbons (Fsp3) is 0.167. The summed E-state index contributed by atoms with van der Waals surface area (Å²) < 4.78 is 5.79. The van der Waals surface area contributed by atoms with Crippen molar-refractivity contribution in [3.8, 4) is 11.6 Å². The molecule has 10 nitrogen and oxygen atoms in total. The van der Waals surface area contributed by atoms with Crippen molar-refractivity contribution >= 4 is 51.8 Å². The van der Waals surface area contributed by atoms with Crippen LogP contribution in [0, 0.1) is 0 Å². The Bertz CT molecular complexity index is 1200. The molecule has 0 unspecified atom stereocenters. The average Bonchev–Trinajstić information content (AvgIpc) is 3.11. The molecule has 2 amide bonds. The number of carbonyl (C=O) groups excluding carboxylic acids is 1. The Hall–Kier alpha value is -3.37. The van der Waals surface area contributed by atoms with Crippen molar-refractivity contribution in [2.24, 2.45) is 10.8 Å². The number of urea groups is 1. The van der Waals surface area contributed by atoms with E-state index in [0.29, 0.717) is 11.3 Å². The number of H-pyrrole nitrogens is 1. The van der Waals surface area contributed by atoms with E-state index < -0.39 is 6.03 Å². The van der Waals surface area contributed by atoms with Gasteiger partial charge in [-0.25, -0.2) is 4.79 Å². The summed E-state index contributed by atoms with van der Waals surface area (Å²) in [4.78, 5) is 12.2. The Morgan fingerprint density at radius 1 is 1.20 bits per heavy atom. The number of carbonyl (C=O) groups is 1. The lowest BCUT2D eigenvalue weighted by Gasteiger charge is -2.24. The number of amidine groups is 1. The first-order valence-electron chi connectivity index (χ1n) is 8.77. The molecule has 2 aromatic heterocycles. The first-order chi connectivity index (χ1) is 14.2. The summed E-state index contributed by atoms with van der Waals surface area (Å²) >= 11 is 12.7. The highest BCUT2D eigenvalue weighted by Crippen LogP contribution is 2.40. The van der Waals surface area contributed by atoms with Crippen LogP contribution in [-0.2, 0) is 0 Å². The van der Waals surface area contributed by atoms with E-state index in [1.54, 1.807) is 6.07 Å². The van der Waals surface area contributed by atoms with Crippen molar-refractivity contribution in [1.29, 1.82) is 0 Å². The Labute approximate surface area is 180 Å². The van der Waals surface area contributed by atoms with E-state index in [2.05, 4.69) is 37.4 Å². The molecule has 0 bridgehead atoms. The van der Waals surface area contributed by atoms with Gasteiger partial charge in [-0.1, -0.05) is 43.6 Å². The molecule has 0 saturated heterocycles. The largest absolute Gasteiger partial charge is 0.434 e. The van der Waals surface area contributed by atoms with Crippen LogP contribution in [0.2, 0.25) is 10.0 Å². The van der Waals surface area contributed by atoms with Gasteiger partial charge in [0.25, 0.3) is 0 Å². The van der Waals surface area contributed by atoms with Crippen molar-refractivity contribution in [2.45, 2.75) is 19.8 Å². The minimum atomic E-state index is -0.549. The molecule has 3 aromatic rings. The van der Waals surface area contributed by atoms with Crippen molar-refractivity contribution in [1.82, 2.24) is 25.7 Å². The van der Waals surface area contributed by atoms with Crippen LogP contribution in [0.25, 0.3) is 11.0 Å².